The molecule has 0 aliphatic rings. The van der Waals surface area contributed by atoms with Gasteiger partial charge in [-0.15, -0.1) is 11.3 Å². The first-order chi connectivity index (χ1) is 9.52. The molecular weight excluding hydrogens is 280 g/mol. The Morgan fingerprint density at radius 3 is 2.75 bits per heavy atom. The summed E-state index contributed by atoms with van der Waals surface area (Å²) in [6.07, 6.45) is 0. The van der Waals surface area contributed by atoms with Crippen molar-refractivity contribution in [3.8, 4) is 5.75 Å². The number of rotatable bonds is 4. The van der Waals surface area contributed by atoms with Crippen LogP contribution in [0.3, 0.4) is 0 Å². The lowest BCUT2D eigenvalue weighted by molar-refractivity contribution is 0.0698. The van der Waals surface area contributed by atoms with Crippen LogP contribution in [0.15, 0.2) is 29.6 Å². The summed E-state index contributed by atoms with van der Waals surface area (Å²) in [5.41, 5.74) is 5.98. The Labute approximate surface area is 118 Å². The summed E-state index contributed by atoms with van der Waals surface area (Å²) in [4.78, 5) is 23.6. The van der Waals surface area contributed by atoms with E-state index in [1.807, 2.05) is 0 Å². The number of aromatic carboxylic acids is 1. The molecule has 1 heterocycles. The van der Waals surface area contributed by atoms with Gasteiger partial charge in [-0.1, -0.05) is 0 Å². The number of nitrogen functional groups attached to an aromatic ring is 1. The number of carboxylic acid groups (broad SMARTS) is 1. The first-order valence-electron chi connectivity index (χ1n) is 5.58. The van der Waals surface area contributed by atoms with Gasteiger partial charge in [0.25, 0.3) is 5.91 Å². The number of benzene rings is 1. The van der Waals surface area contributed by atoms with Crippen LogP contribution in [0.25, 0.3) is 0 Å². The monoisotopic (exact) mass is 292 g/mol. The molecule has 0 spiro atoms. The van der Waals surface area contributed by atoms with Gasteiger partial charge in [-0.25, -0.2) is 4.79 Å². The van der Waals surface area contributed by atoms with Gasteiger partial charge in [0, 0.05) is 5.69 Å². The van der Waals surface area contributed by atoms with E-state index in [9.17, 15) is 9.59 Å². The van der Waals surface area contributed by atoms with Gasteiger partial charge >= 0.3 is 5.97 Å². The van der Waals surface area contributed by atoms with E-state index in [1.54, 1.807) is 11.4 Å². The quantitative estimate of drug-likeness (QED) is 0.750. The maximum absolute atomic E-state index is 12.1. The molecule has 0 radical (unpaired) electrons. The Balaban J connectivity index is 2.31. The lowest BCUT2D eigenvalue weighted by Crippen LogP contribution is -2.14. The van der Waals surface area contributed by atoms with Crippen molar-refractivity contribution in [3.05, 3.63) is 40.1 Å². The topological polar surface area (TPSA) is 102 Å². The molecule has 1 aromatic carbocycles. The van der Waals surface area contributed by atoms with Crippen molar-refractivity contribution in [3.63, 3.8) is 0 Å². The van der Waals surface area contributed by atoms with Gasteiger partial charge in [-0.05, 0) is 29.6 Å². The Hall–Kier alpha value is -2.54. The van der Waals surface area contributed by atoms with Gasteiger partial charge in [-0.3, -0.25) is 4.79 Å². The third kappa shape index (κ3) is 2.72. The van der Waals surface area contributed by atoms with E-state index < -0.39 is 11.9 Å². The van der Waals surface area contributed by atoms with Crippen LogP contribution in [0.2, 0.25) is 0 Å². The lowest BCUT2D eigenvalue weighted by atomic mass is 10.1. The Morgan fingerprint density at radius 1 is 1.35 bits per heavy atom. The first kappa shape index (κ1) is 13.9. The molecule has 2 aromatic rings. The molecule has 20 heavy (non-hydrogen) atoms. The molecule has 0 aliphatic carbocycles. The molecule has 0 saturated carbocycles. The third-order valence-electron chi connectivity index (χ3n) is 2.58. The summed E-state index contributed by atoms with van der Waals surface area (Å²) < 4.78 is 5.05. The average molecular weight is 292 g/mol. The second kappa shape index (κ2) is 5.62. The minimum absolute atomic E-state index is 0.0612. The smallest absolute Gasteiger partial charge is 0.337 e. The van der Waals surface area contributed by atoms with Crippen LogP contribution in [0.4, 0.5) is 11.4 Å². The fourth-order valence-electron chi connectivity index (χ4n) is 1.65. The summed E-state index contributed by atoms with van der Waals surface area (Å²) in [7, 11) is 1.46. The van der Waals surface area contributed by atoms with Crippen molar-refractivity contribution in [1.29, 1.82) is 0 Å². The number of methoxy groups -OCH3 is 1. The number of carboxylic acids is 1. The zero-order chi connectivity index (χ0) is 14.7. The number of carbonyl (C=O) groups is 2. The molecular formula is C13H12N2O4S. The summed E-state index contributed by atoms with van der Waals surface area (Å²) in [5.74, 6) is -1.14. The Kier molecular flexibility index (Phi) is 3.90. The molecule has 0 unspecified atom stereocenters. The molecule has 0 bridgehead atoms. The van der Waals surface area contributed by atoms with E-state index in [0.29, 0.717) is 16.3 Å². The number of nitrogens with one attached hydrogen (secondary N) is 1. The van der Waals surface area contributed by atoms with E-state index in [0.717, 1.165) is 0 Å². The lowest BCUT2D eigenvalue weighted by Gasteiger charge is -2.09. The standard InChI is InChI=1S/C13H12N2O4S/c1-19-10-4-5-20-11(10)12(16)15-9-3-2-7(14)6-8(9)13(17)18/h2-6H,14H2,1H3,(H,15,16)(H,17,18). The third-order valence-corrected chi connectivity index (χ3v) is 3.47. The van der Waals surface area contributed by atoms with E-state index in [1.165, 1.54) is 36.6 Å². The second-order valence-corrected chi connectivity index (χ2v) is 4.80. The van der Waals surface area contributed by atoms with Gasteiger partial charge in [0.15, 0.2) is 0 Å². The second-order valence-electron chi connectivity index (χ2n) is 3.88. The predicted molar refractivity (Wildman–Crippen MR) is 76.6 cm³/mol. The van der Waals surface area contributed by atoms with Crippen molar-refractivity contribution >= 4 is 34.6 Å². The molecule has 0 saturated heterocycles. The van der Waals surface area contributed by atoms with Gasteiger partial charge in [0.05, 0.1) is 18.4 Å². The zero-order valence-corrected chi connectivity index (χ0v) is 11.4. The SMILES string of the molecule is COc1ccsc1C(=O)Nc1ccc(N)cc1C(=O)O. The maximum atomic E-state index is 12.1. The highest BCUT2D eigenvalue weighted by molar-refractivity contribution is 7.12. The van der Waals surface area contributed by atoms with Crippen molar-refractivity contribution in [2.45, 2.75) is 0 Å². The highest BCUT2D eigenvalue weighted by atomic mass is 32.1. The number of nitrogens with two attached hydrogens (primary N) is 1. The molecule has 7 heteroatoms. The minimum atomic E-state index is -1.16. The van der Waals surface area contributed by atoms with Crippen LogP contribution in [0, 0.1) is 0 Å². The summed E-state index contributed by atoms with van der Waals surface area (Å²) in [6.45, 7) is 0. The molecule has 1 aromatic heterocycles. The number of carbonyl (C=O) groups excluding carboxylic acids is 1. The number of ether oxygens (including phenoxy) is 1. The minimum Gasteiger partial charge on any atom is -0.495 e. The van der Waals surface area contributed by atoms with Gasteiger partial charge in [0.1, 0.15) is 10.6 Å². The Morgan fingerprint density at radius 2 is 2.10 bits per heavy atom. The number of hydrogen-bond acceptors (Lipinski definition) is 5. The fourth-order valence-corrected chi connectivity index (χ4v) is 2.40. The molecule has 4 N–H and O–H groups in total. The van der Waals surface area contributed by atoms with E-state index >= 15 is 0 Å². The molecule has 0 aliphatic heterocycles. The van der Waals surface area contributed by atoms with Gasteiger partial charge in [0.2, 0.25) is 0 Å². The van der Waals surface area contributed by atoms with Crippen molar-refractivity contribution in [2.24, 2.45) is 0 Å². The number of thiophene rings is 1. The van der Waals surface area contributed by atoms with Crippen molar-refractivity contribution in [2.75, 3.05) is 18.2 Å². The van der Waals surface area contributed by atoms with E-state index in [2.05, 4.69) is 5.32 Å². The van der Waals surface area contributed by atoms with E-state index in [4.69, 9.17) is 15.6 Å². The van der Waals surface area contributed by atoms with Crippen LogP contribution >= 0.6 is 11.3 Å². The molecule has 1 amide bonds. The molecule has 104 valence electrons. The summed E-state index contributed by atoms with van der Waals surface area (Å²) >= 11 is 1.21. The normalized spacial score (nSPS) is 10.1. The van der Waals surface area contributed by atoms with Crippen LogP contribution in [-0.4, -0.2) is 24.1 Å². The van der Waals surface area contributed by atoms with Crippen molar-refractivity contribution in [1.82, 2.24) is 0 Å². The number of anilines is 2. The number of hydrogen-bond donors (Lipinski definition) is 3. The first-order valence-corrected chi connectivity index (χ1v) is 6.46. The van der Waals surface area contributed by atoms with Crippen LogP contribution in [-0.2, 0) is 0 Å². The van der Waals surface area contributed by atoms with Crippen LogP contribution in [0.5, 0.6) is 5.75 Å². The van der Waals surface area contributed by atoms with Gasteiger partial charge < -0.3 is 20.9 Å². The van der Waals surface area contributed by atoms with Crippen molar-refractivity contribution < 1.29 is 19.4 Å². The highest BCUT2D eigenvalue weighted by Gasteiger charge is 2.17. The predicted octanol–water partition coefficient (Wildman–Crippen LogP) is 2.29. The van der Waals surface area contributed by atoms with Crippen LogP contribution in [0.1, 0.15) is 20.0 Å². The average Bonchev–Trinajstić information content (AvgIpc) is 2.89. The molecule has 0 fully saturated rings. The maximum Gasteiger partial charge on any atom is 0.337 e. The van der Waals surface area contributed by atoms with Gasteiger partial charge in [-0.2, -0.15) is 0 Å². The summed E-state index contributed by atoms with van der Waals surface area (Å²) in [6, 6.07) is 5.94. The molecule has 2 rings (SSSR count). The summed E-state index contributed by atoms with van der Waals surface area (Å²) in [5, 5.41) is 13.4. The van der Waals surface area contributed by atoms with E-state index in [-0.39, 0.29) is 11.3 Å². The van der Waals surface area contributed by atoms with Crippen LogP contribution < -0.4 is 15.8 Å². The number of amides is 1. The largest absolute Gasteiger partial charge is 0.495 e. The molecule has 0 atom stereocenters. The Bertz CT molecular complexity index is 666. The molecule has 6 nitrogen and oxygen atoms in total. The highest BCUT2D eigenvalue weighted by Crippen LogP contribution is 2.26. The fraction of sp³-hybridized carbons (Fsp3) is 0.0769. The zero-order valence-electron chi connectivity index (χ0n) is 10.5.